The molecule has 27 heavy (non-hydrogen) atoms. The topological polar surface area (TPSA) is 66.5 Å². The van der Waals surface area contributed by atoms with Gasteiger partial charge in [0, 0.05) is 17.6 Å². The summed E-state index contributed by atoms with van der Waals surface area (Å²) in [7, 11) is -3.63. The Morgan fingerprint density at radius 1 is 1.11 bits per heavy atom. The van der Waals surface area contributed by atoms with Gasteiger partial charge in [-0.05, 0) is 55.2 Å². The average molecular weight is 387 g/mol. The number of hydrogen-bond acceptors (Lipinski definition) is 3. The molecule has 5 nitrogen and oxygen atoms in total. The Morgan fingerprint density at radius 3 is 2.44 bits per heavy atom. The molecule has 2 aromatic carbocycles. The number of sulfonamides is 1. The number of nitrogens with zero attached hydrogens (tertiary/aromatic N) is 1. The summed E-state index contributed by atoms with van der Waals surface area (Å²) in [5.74, 6) is -0.0782. The molecule has 6 heteroatoms. The van der Waals surface area contributed by atoms with Gasteiger partial charge >= 0.3 is 0 Å². The van der Waals surface area contributed by atoms with Crippen LogP contribution in [0, 0.1) is 5.41 Å². The zero-order valence-corrected chi connectivity index (χ0v) is 16.8. The highest BCUT2D eigenvalue weighted by atomic mass is 32.2. The van der Waals surface area contributed by atoms with Gasteiger partial charge in [-0.15, -0.1) is 0 Å². The lowest BCUT2D eigenvalue weighted by molar-refractivity contribution is -0.124. The molecule has 1 aliphatic heterocycles. The standard InChI is InChI=1S/C21H26N2O3S/c1-4-21(2,3)20(24)22-17-11-13-18(14-12-17)27(25,26)23-15-7-9-16-8-5-6-10-19(16)23/h5-6,8,10-14H,4,7,9,15H2,1-3H3,(H,22,24). The molecule has 144 valence electrons. The first-order chi connectivity index (χ1) is 12.8. The molecule has 0 bridgehead atoms. The van der Waals surface area contributed by atoms with Gasteiger partial charge in [0.1, 0.15) is 0 Å². The number of carbonyl (C=O) groups is 1. The molecule has 3 rings (SSSR count). The lowest BCUT2D eigenvalue weighted by Crippen LogP contribution is -2.35. The van der Waals surface area contributed by atoms with Crippen molar-refractivity contribution in [2.45, 2.75) is 44.9 Å². The molecule has 0 saturated carbocycles. The molecule has 1 amide bonds. The van der Waals surface area contributed by atoms with Gasteiger partial charge in [-0.3, -0.25) is 9.10 Å². The third-order valence-electron chi connectivity index (χ3n) is 5.27. The van der Waals surface area contributed by atoms with Crippen LogP contribution in [0.4, 0.5) is 11.4 Å². The van der Waals surface area contributed by atoms with E-state index in [4.69, 9.17) is 0 Å². The second-order valence-corrected chi connectivity index (χ2v) is 9.39. The lowest BCUT2D eigenvalue weighted by Gasteiger charge is -2.30. The molecule has 0 atom stereocenters. The van der Waals surface area contributed by atoms with Crippen molar-refractivity contribution < 1.29 is 13.2 Å². The van der Waals surface area contributed by atoms with Gasteiger partial charge in [-0.1, -0.05) is 39.0 Å². The van der Waals surface area contributed by atoms with Crippen LogP contribution in [-0.2, 0) is 21.2 Å². The maximum absolute atomic E-state index is 13.1. The Balaban J connectivity index is 1.84. The van der Waals surface area contributed by atoms with Crippen LogP contribution in [-0.4, -0.2) is 20.9 Å². The van der Waals surface area contributed by atoms with E-state index in [1.807, 2.05) is 45.0 Å². The van der Waals surface area contributed by atoms with Gasteiger partial charge in [0.05, 0.1) is 10.6 Å². The summed E-state index contributed by atoms with van der Waals surface area (Å²) in [5, 5.41) is 2.86. The lowest BCUT2D eigenvalue weighted by atomic mass is 9.89. The van der Waals surface area contributed by atoms with Gasteiger partial charge in [0.15, 0.2) is 0 Å². The summed E-state index contributed by atoms with van der Waals surface area (Å²) in [5.41, 5.74) is 1.94. The van der Waals surface area contributed by atoms with Crippen LogP contribution >= 0.6 is 0 Å². The fraction of sp³-hybridized carbons (Fsp3) is 0.381. The number of anilines is 2. The van der Waals surface area contributed by atoms with E-state index in [0.717, 1.165) is 30.5 Å². The number of carbonyl (C=O) groups excluding carboxylic acids is 1. The van der Waals surface area contributed by atoms with Crippen molar-refractivity contribution >= 4 is 27.3 Å². The van der Waals surface area contributed by atoms with Crippen molar-refractivity contribution in [2.75, 3.05) is 16.2 Å². The number of benzene rings is 2. The van der Waals surface area contributed by atoms with E-state index >= 15 is 0 Å². The van der Waals surface area contributed by atoms with Gasteiger partial charge in [-0.2, -0.15) is 0 Å². The molecule has 1 aliphatic rings. The van der Waals surface area contributed by atoms with E-state index in [-0.39, 0.29) is 10.8 Å². The van der Waals surface area contributed by atoms with Gasteiger partial charge in [0.2, 0.25) is 5.91 Å². The number of nitrogens with one attached hydrogen (secondary N) is 1. The summed E-state index contributed by atoms with van der Waals surface area (Å²) in [6.07, 6.45) is 2.41. The minimum absolute atomic E-state index is 0.0782. The molecule has 1 N–H and O–H groups in total. The zero-order chi connectivity index (χ0) is 19.7. The number of hydrogen-bond donors (Lipinski definition) is 1. The zero-order valence-electron chi connectivity index (χ0n) is 16.0. The molecule has 1 heterocycles. The number of para-hydroxylation sites is 1. The van der Waals surface area contributed by atoms with E-state index in [1.165, 1.54) is 4.31 Å². The molecule has 0 aliphatic carbocycles. The monoisotopic (exact) mass is 386 g/mol. The molecule has 0 spiro atoms. The quantitative estimate of drug-likeness (QED) is 0.837. The maximum atomic E-state index is 13.1. The van der Waals surface area contributed by atoms with Crippen LogP contribution in [0.25, 0.3) is 0 Å². The molecule has 0 saturated heterocycles. The largest absolute Gasteiger partial charge is 0.326 e. The minimum atomic E-state index is -3.63. The Morgan fingerprint density at radius 2 is 1.78 bits per heavy atom. The van der Waals surface area contributed by atoms with Crippen LogP contribution < -0.4 is 9.62 Å². The smallest absolute Gasteiger partial charge is 0.264 e. The molecule has 0 unspecified atom stereocenters. The molecule has 0 fully saturated rings. The second kappa shape index (κ2) is 7.35. The van der Waals surface area contributed by atoms with Gasteiger partial charge in [0.25, 0.3) is 10.0 Å². The number of rotatable bonds is 5. The average Bonchev–Trinajstić information content (AvgIpc) is 2.67. The van der Waals surface area contributed by atoms with Crippen molar-refractivity contribution in [3.63, 3.8) is 0 Å². The van der Waals surface area contributed by atoms with Crippen molar-refractivity contribution in [1.29, 1.82) is 0 Å². The summed E-state index contributed by atoms with van der Waals surface area (Å²) in [4.78, 5) is 12.5. The van der Waals surface area contributed by atoms with Crippen molar-refractivity contribution in [2.24, 2.45) is 5.41 Å². The highest BCUT2D eigenvalue weighted by Crippen LogP contribution is 2.32. The third kappa shape index (κ3) is 3.86. The highest BCUT2D eigenvalue weighted by molar-refractivity contribution is 7.92. The van der Waals surface area contributed by atoms with Gasteiger partial charge in [-0.25, -0.2) is 8.42 Å². The van der Waals surface area contributed by atoms with Gasteiger partial charge < -0.3 is 5.32 Å². The Bertz CT molecular complexity index is 934. The molecule has 2 aromatic rings. The van der Waals surface area contributed by atoms with Crippen LogP contribution in [0.3, 0.4) is 0 Å². The van der Waals surface area contributed by atoms with Crippen molar-refractivity contribution in [1.82, 2.24) is 0 Å². The molecule has 0 radical (unpaired) electrons. The summed E-state index contributed by atoms with van der Waals surface area (Å²) < 4.78 is 27.7. The highest BCUT2D eigenvalue weighted by Gasteiger charge is 2.29. The second-order valence-electron chi connectivity index (χ2n) is 7.53. The minimum Gasteiger partial charge on any atom is -0.326 e. The third-order valence-corrected chi connectivity index (χ3v) is 7.09. The normalized spacial score (nSPS) is 14.6. The Kier molecular flexibility index (Phi) is 5.29. The predicted octanol–water partition coefficient (Wildman–Crippen LogP) is 4.20. The Hall–Kier alpha value is -2.34. The first-order valence-corrected chi connectivity index (χ1v) is 10.7. The first kappa shape index (κ1) is 19.4. The molecular weight excluding hydrogens is 360 g/mol. The first-order valence-electron chi connectivity index (χ1n) is 9.28. The molecular formula is C21H26N2O3S. The van der Waals surface area contributed by atoms with Crippen LogP contribution in [0.15, 0.2) is 53.4 Å². The Labute approximate surface area is 161 Å². The van der Waals surface area contributed by atoms with Crippen LogP contribution in [0.2, 0.25) is 0 Å². The SMILES string of the molecule is CCC(C)(C)C(=O)Nc1ccc(S(=O)(=O)N2CCCc3ccccc32)cc1. The van der Waals surface area contributed by atoms with Crippen LogP contribution in [0.1, 0.15) is 39.2 Å². The van der Waals surface area contributed by atoms with E-state index < -0.39 is 15.4 Å². The van der Waals surface area contributed by atoms with Crippen molar-refractivity contribution in [3.05, 3.63) is 54.1 Å². The number of amides is 1. The van der Waals surface area contributed by atoms with E-state index in [1.54, 1.807) is 24.3 Å². The van der Waals surface area contributed by atoms with Crippen molar-refractivity contribution in [3.8, 4) is 0 Å². The van der Waals surface area contributed by atoms with E-state index in [2.05, 4.69) is 5.32 Å². The number of fused-ring (bicyclic) bond motifs is 1. The number of aryl methyl sites for hydroxylation is 1. The maximum Gasteiger partial charge on any atom is 0.264 e. The summed E-state index contributed by atoms with van der Waals surface area (Å²) in [6.45, 7) is 6.21. The fourth-order valence-electron chi connectivity index (χ4n) is 3.05. The van der Waals surface area contributed by atoms with Crippen LogP contribution in [0.5, 0.6) is 0 Å². The van der Waals surface area contributed by atoms with E-state index in [9.17, 15) is 13.2 Å². The fourth-order valence-corrected chi connectivity index (χ4v) is 4.59. The van der Waals surface area contributed by atoms with E-state index in [0.29, 0.717) is 12.2 Å². The summed E-state index contributed by atoms with van der Waals surface area (Å²) in [6, 6.07) is 14.0. The predicted molar refractivity (Wildman–Crippen MR) is 108 cm³/mol. The molecule has 0 aromatic heterocycles. The summed E-state index contributed by atoms with van der Waals surface area (Å²) >= 11 is 0.